The van der Waals surface area contributed by atoms with Crippen molar-refractivity contribution in [1.29, 1.82) is 0 Å². The van der Waals surface area contributed by atoms with E-state index in [9.17, 15) is 9.59 Å². The van der Waals surface area contributed by atoms with Gasteiger partial charge in [-0.15, -0.1) is 0 Å². The zero-order valence-corrected chi connectivity index (χ0v) is 15.7. The number of carbonyl (C=O) groups excluding carboxylic acids is 1. The predicted octanol–water partition coefficient (Wildman–Crippen LogP) is 4.03. The molecule has 1 aromatic carbocycles. The van der Waals surface area contributed by atoms with Gasteiger partial charge in [0, 0.05) is 23.6 Å². The van der Waals surface area contributed by atoms with E-state index >= 15 is 0 Å². The van der Waals surface area contributed by atoms with Gasteiger partial charge in [-0.3, -0.25) is 19.8 Å². The average Bonchev–Trinajstić information content (AvgIpc) is 2.93. The Balaban J connectivity index is 1.89. The molecule has 1 aromatic heterocycles. The summed E-state index contributed by atoms with van der Waals surface area (Å²) < 4.78 is 0. The Bertz CT molecular complexity index is 958. The Morgan fingerprint density at radius 3 is 2.38 bits per heavy atom. The van der Waals surface area contributed by atoms with Crippen molar-refractivity contribution in [2.75, 3.05) is 5.32 Å². The number of nitrogens with one attached hydrogen (secondary N) is 3. The lowest BCUT2D eigenvalue weighted by Crippen LogP contribution is -2.34. The van der Waals surface area contributed by atoms with Crippen molar-refractivity contribution < 1.29 is 4.79 Å². The molecule has 0 bridgehead atoms. The van der Waals surface area contributed by atoms with Crippen molar-refractivity contribution in [2.24, 2.45) is 5.41 Å². The molecule has 1 aliphatic heterocycles. The number of hydrogen-bond acceptors (Lipinski definition) is 3. The Morgan fingerprint density at radius 2 is 1.73 bits per heavy atom. The number of aromatic amines is 2. The summed E-state index contributed by atoms with van der Waals surface area (Å²) in [5.74, 6) is 0.932. The number of ketones is 1. The second-order valence-electron chi connectivity index (χ2n) is 8.58. The number of carbonyl (C=O) groups is 1. The summed E-state index contributed by atoms with van der Waals surface area (Å²) in [5, 5.41) is 8.92. The number of fused-ring (bicyclic) bond motifs is 1. The fourth-order valence-corrected chi connectivity index (χ4v) is 4.22. The van der Waals surface area contributed by atoms with Gasteiger partial charge in [0.15, 0.2) is 5.78 Å². The van der Waals surface area contributed by atoms with Crippen molar-refractivity contribution in [2.45, 2.75) is 52.4 Å². The molecule has 1 aliphatic carbocycles. The molecule has 1 atom stereocenters. The molecule has 5 nitrogen and oxygen atoms in total. The highest BCUT2D eigenvalue weighted by atomic mass is 16.1. The van der Waals surface area contributed by atoms with Crippen LogP contribution in [0.4, 0.5) is 5.82 Å². The van der Waals surface area contributed by atoms with Gasteiger partial charge < -0.3 is 5.32 Å². The Labute approximate surface area is 152 Å². The van der Waals surface area contributed by atoms with E-state index in [1.807, 2.05) is 0 Å². The Morgan fingerprint density at radius 1 is 1.04 bits per heavy atom. The Kier molecular flexibility index (Phi) is 3.72. The van der Waals surface area contributed by atoms with Gasteiger partial charge in [-0.25, -0.2) is 0 Å². The number of anilines is 1. The highest BCUT2D eigenvalue weighted by Gasteiger charge is 2.42. The van der Waals surface area contributed by atoms with Crippen molar-refractivity contribution in [3.8, 4) is 0 Å². The van der Waals surface area contributed by atoms with Crippen LogP contribution in [0, 0.1) is 5.41 Å². The number of Topliss-reactive ketones (excluding diaryl/α,β-unsaturated/α-hetero) is 1. The molecule has 0 unspecified atom stereocenters. The summed E-state index contributed by atoms with van der Waals surface area (Å²) in [7, 11) is 0. The van der Waals surface area contributed by atoms with E-state index in [1.165, 1.54) is 5.56 Å². The van der Waals surface area contributed by atoms with E-state index in [0.717, 1.165) is 23.3 Å². The molecule has 2 aliphatic rings. The third-order valence-electron chi connectivity index (χ3n) is 5.52. The lowest BCUT2D eigenvalue weighted by Gasteiger charge is -2.37. The summed E-state index contributed by atoms with van der Waals surface area (Å²) in [4.78, 5) is 25.5. The van der Waals surface area contributed by atoms with E-state index in [-0.39, 0.29) is 22.7 Å². The smallest absolute Gasteiger partial charge is 0.270 e. The van der Waals surface area contributed by atoms with Crippen LogP contribution in [0.5, 0.6) is 0 Å². The molecular formula is C21H25N3O2. The summed E-state index contributed by atoms with van der Waals surface area (Å²) >= 11 is 0. The average molecular weight is 351 g/mol. The molecule has 0 radical (unpaired) electrons. The molecule has 0 amide bonds. The monoisotopic (exact) mass is 351 g/mol. The van der Waals surface area contributed by atoms with Gasteiger partial charge in [0.1, 0.15) is 5.82 Å². The lowest BCUT2D eigenvalue weighted by atomic mass is 9.69. The summed E-state index contributed by atoms with van der Waals surface area (Å²) in [6, 6.07) is 8.30. The molecule has 0 spiro atoms. The van der Waals surface area contributed by atoms with Gasteiger partial charge in [-0.1, -0.05) is 52.0 Å². The quantitative estimate of drug-likeness (QED) is 0.764. The number of H-pyrrole nitrogens is 2. The first-order chi connectivity index (χ1) is 12.3. The minimum absolute atomic E-state index is 0.0803. The first-order valence-electron chi connectivity index (χ1n) is 9.20. The molecule has 136 valence electrons. The van der Waals surface area contributed by atoms with Crippen molar-refractivity contribution in [3.05, 3.63) is 62.6 Å². The summed E-state index contributed by atoms with van der Waals surface area (Å²) in [6.07, 6.45) is 1.30. The first kappa shape index (κ1) is 16.9. The van der Waals surface area contributed by atoms with Crippen LogP contribution in [-0.4, -0.2) is 16.0 Å². The highest BCUT2D eigenvalue weighted by Crippen LogP contribution is 2.47. The van der Waals surface area contributed by atoms with Gasteiger partial charge >= 0.3 is 0 Å². The SMILES string of the molecule is CC(C)c1ccc([C@H]2C3=C(CC(C)(C)CC3=O)Nc3[nH][nH]c(=O)c32)cc1. The van der Waals surface area contributed by atoms with Crippen molar-refractivity contribution in [1.82, 2.24) is 10.2 Å². The maximum absolute atomic E-state index is 13.0. The van der Waals surface area contributed by atoms with Crippen molar-refractivity contribution >= 4 is 11.6 Å². The predicted molar refractivity (Wildman–Crippen MR) is 102 cm³/mol. The van der Waals surface area contributed by atoms with Crippen LogP contribution >= 0.6 is 0 Å². The van der Waals surface area contributed by atoms with Gasteiger partial charge in [0.25, 0.3) is 5.56 Å². The molecule has 3 N–H and O–H groups in total. The third kappa shape index (κ3) is 2.62. The lowest BCUT2D eigenvalue weighted by molar-refractivity contribution is -0.118. The van der Waals surface area contributed by atoms with Crippen LogP contribution in [0.15, 0.2) is 40.3 Å². The fourth-order valence-electron chi connectivity index (χ4n) is 4.22. The molecular weight excluding hydrogens is 326 g/mol. The van der Waals surface area contributed by atoms with Crippen molar-refractivity contribution in [3.63, 3.8) is 0 Å². The summed E-state index contributed by atoms with van der Waals surface area (Å²) in [5.41, 5.74) is 4.28. The van der Waals surface area contributed by atoms with E-state index in [1.54, 1.807) is 0 Å². The maximum Gasteiger partial charge on any atom is 0.270 e. The fraction of sp³-hybridized carbons (Fsp3) is 0.429. The number of aromatic nitrogens is 2. The molecule has 26 heavy (non-hydrogen) atoms. The topological polar surface area (TPSA) is 77.8 Å². The normalized spacial score (nSPS) is 21.4. The standard InChI is InChI=1S/C21H25N3O2/c1-11(2)12-5-7-13(8-6-12)16-17-14(9-21(3,4)10-15(17)25)22-19-18(16)20(26)24-23-19/h5-8,11,16H,9-10H2,1-4H3,(H3,22,23,24,26)/t16-/m0/s1. The number of allylic oxidation sites excluding steroid dienone is 2. The van der Waals surface area contributed by atoms with E-state index < -0.39 is 0 Å². The summed E-state index contributed by atoms with van der Waals surface area (Å²) in [6.45, 7) is 8.53. The second-order valence-corrected chi connectivity index (χ2v) is 8.58. The molecule has 5 heteroatoms. The van der Waals surface area contributed by atoms with Crippen LogP contribution in [0.3, 0.4) is 0 Å². The largest absolute Gasteiger partial charge is 0.343 e. The number of benzene rings is 1. The molecule has 0 saturated carbocycles. The van der Waals surface area contributed by atoms with E-state index in [4.69, 9.17) is 0 Å². The number of hydrogen-bond donors (Lipinski definition) is 3. The molecule has 4 rings (SSSR count). The van der Waals surface area contributed by atoms with Gasteiger partial charge in [-0.05, 0) is 28.9 Å². The highest BCUT2D eigenvalue weighted by molar-refractivity contribution is 6.01. The minimum atomic E-state index is -0.318. The van der Waals surface area contributed by atoms with E-state index in [0.29, 0.717) is 23.7 Å². The maximum atomic E-state index is 13.0. The molecule has 2 aromatic rings. The number of rotatable bonds is 2. The van der Waals surface area contributed by atoms with Crippen LogP contribution in [-0.2, 0) is 4.79 Å². The minimum Gasteiger partial charge on any atom is -0.343 e. The Hall–Kier alpha value is -2.56. The molecule has 2 heterocycles. The third-order valence-corrected chi connectivity index (χ3v) is 5.52. The van der Waals surface area contributed by atoms with E-state index in [2.05, 4.69) is 67.5 Å². The van der Waals surface area contributed by atoms with Gasteiger partial charge in [-0.2, -0.15) is 0 Å². The zero-order chi connectivity index (χ0) is 18.6. The van der Waals surface area contributed by atoms with Gasteiger partial charge in [0.2, 0.25) is 0 Å². The molecule has 0 fully saturated rings. The van der Waals surface area contributed by atoms with Crippen LogP contribution < -0.4 is 10.9 Å². The van der Waals surface area contributed by atoms with Crippen LogP contribution in [0.1, 0.15) is 69.1 Å². The zero-order valence-electron chi connectivity index (χ0n) is 15.7. The van der Waals surface area contributed by atoms with Crippen LogP contribution in [0.2, 0.25) is 0 Å². The second kappa shape index (κ2) is 5.73. The van der Waals surface area contributed by atoms with Crippen LogP contribution in [0.25, 0.3) is 0 Å². The molecule has 0 saturated heterocycles. The van der Waals surface area contributed by atoms with Gasteiger partial charge in [0.05, 0.1) is 5.56 Å². The first-order valence-corrected chi connectivity index (χ1v) is 9.20.